The molecule has 3 heteroatoms. The van der Waals surface area contributed by atoms with E-state index in [1.807, 2.05) is 17.1 Å². The van der Waals surface area contributed by atoms with Crippen LogP contribution in [0.1, 0.15) is 12.5 Å². The van der Waals surface area contributed by atoms with Crippen molar-refractivity contribution in [1.29, 1.82) is 0 Å². The minimum Gasteiger partial charge on any atom is -0.281 e. The fourth-order valence-corrected chi connectivity index (χ4v) is 1.60. The molecule has 1 amide bonds. The lowest BCUT2D eigenvalue weighted by Crippen LogP contribution is -2.32. The van der Waals surface area contributed by atoms with Crippen LogP contribution in [-0.2, 0) is 11.2 Å². The maximum Gasteiger partial charge on any atom is 0.267 e. The summed E-state index contributed by atoms with van der Waals surface area (Å²) in [6.45, 7) is 6.37. The van der Waals surface area contributed by atoms with Gasteiger partial charge >= 0.3 is 0 Å². The molecule has 1 aliphatic heterocycles. The highest BCUT2D eigenvalue weighted by Gasteiger charge is 2.22. The van der Waals surface area contributed by atoms with Crippen LogP contribution >= 0.6 is 0 Å². The molecule has 1 fully saturated rings. The quantitative estimate of drug-likeness (QED) is 0.740. The summed E-state index contributed by atoms with van der Waals surface area (Å²) in [6.07, 6.45) is 0.997. The van der Waals surface area contributed by atoms with Gasteiger partial charge in [0, 0.05) is 5.57 Å². The average molecular weight is 202 g/mol. The Morgan fingerprint density at radius 2 is 2.33 bits per heavy atom. The molecule has 0 bridgehead atoms. The largest absolute Gasteiger partial charge is 0.281 e. The van der Waals surface area contributed by atoms with E-state index in [-0.39, 0.29) is 5.91 Å². The molecule has 0 aromatic heterocycles. The third kappa shape index (κ3) is 1.86. The molecule has 0 aliphatic carbocycles. The van der Waals surface area contributed by atoms with Gasteiger partial charge in [-0.3, -0.25) is 15.2 Å². The number of amides is 1. The second kappa shape index (κ2) is 3.77. The molecule has 0 atom stereocenters. The molecule has 0 radical (unpaired) electrons. The number of carbonyl (C=O) groups is 1. The van der Waals surface area contributed by atoms with Crippen LogP contribution in [-0.4, -0.2) is 12.5 Å². The Morgan fingerprint density at radius 3 is 2.93 bits per heavy atom. The van der Waals surface area contributed by atoms with Crippen LogP contribution in [0, 0.1) is 0 Å². The highest BCUT2D eigenvalue weighted by atomic mass is 16.2. The SMILES string of the molecule is C=C1CN(c2cccc(CC)c2)NC1=O. The number of benzene rings is 1. The zero-order valence-corrected chi connectivity index (χ0v) is 8.79. The first kappa shape index (κ1) is 9.77. The van der Waals surface area contributed by atoms with Crippen molar-refractivity contribution in [2.45, 2.75) is 13.3 Å². The number of nitrogens with one attached hydrogen (secondary N) is 1. The lowest BCUT2D eigenvalue weighted by Gasteiger charge is -2.17. The molecule has 1 saturated heterocycles. The van der Waals surface area contributed by atoms with E-state index in [0.29, 0.717) is 12.1 Å². The predicted molar refractivity (Wildman–Crippen MR) is 60.4 cm³/mol. The molecule has 2 rings (SSSR count). The van der Waals surface area contributed by atoms with Gasteiger partial charge in [-0.2, -0.15) is 0 Å². The van der Waals surface area contributed by atoms with Crippen molar-refractivity contribution in [3.05, 3.63) is 42.0 Å². The van der Waals surface area contributed by atoms with E-state index < -0.39 is 0 Å². The number of hydrogen-bond donors (Lipinski definition) is 1. The standard InChI is InChI=1S/C12H14N2O/c1-3-10-5-4-6-11(7-10)14-8-9(2)12(15)13-14/h4-7H,2-3,8H2,1H3,(H,13,15). The second-order valence-electron chi connectivity index (χ2n) is 3.65. The van der Waals surface area contributed by atoms with Crippen LogP contribution in [0.3, 0.4) is 0 Å². The molecule has 1 aromatic carbocycles. The monoisotopic (exact) mass is 202 g/mol. The topological polar surface area (TPSA) is 32.3 Å². The van der Waals surface area contributed by atoms with Gasteiger partial charge in [0.1, 0.15) is 0 Å². The zero-order chi connectivity index (χ0) is 10.8. The fourth-order valence-electron chi connectivity index (χ4n) is 1.60. The minimum absolute atomic E-state index is 0.0862. The van der Waals surface area contributed by atoms with E-state index in [1.54, 1.807) is 0 Å². The Labute approximate surface area is 89.4 Å². The number of aryl methyl sites for hydroxylation is 1. The van der Waals surface area contributed by atoms with Gasteiger partial charge in [0.25, 0.3) is 5.91 Å². The van der Waals surface area contributed by atoms with Gasteiger partial charge in [-0.1, -0.05) is 25.6 Å². The molecule has 1 aliphatic rings. The molecule has 1 heterocycles. The van der Waals surface area contributed by atoms with E-state index in [0.717, 1.165) is 12.1 Å². The van der Waals surface area contributed by atoms with Gasteiger partial charge < -0.3 is 0 Å². The van der Waals surface area contributed by atoms with Crippen molar-refractivity contribution >= 4 is 11.6 Å². The second-order valence-corrected chi connectivity index (χ2v) is 3.65. The molecular formula is C12H14N2O. The van der Waals surface area contributed by atoms with Gasteiger partial charge in [-0.05, 0) is 24.1 Å². The van der Waals surface area contributed by atoms with E-state index in [9.17, 15) is 4.79 Å². The molecule has 0 unspecified atom stereocenters. The van der Waals surface area contributed by atoms with Crippen molar-refractivity contribution in [1.82, 2.24) is 5.43 Å². The normalized spacial score (nSPS) is 15.7. The number of carbonyl (C=O) groups excluding carboxylic acids is 1. The lowest BCUT2D eigenvalue weighted by molar-refractivity contribution is -0.116. The Morgan fingerprint density at radius 1 is 1.53 bits per heavy atom. The van der Waals surface area contributed by atoms with Crippen molar-refractivity contribution in [2.75, 3.05) is 11.6 Å². The van der Waals surface area contributed by atoms with Crippen LogP contribution in [0.15, 0.2) is 36.4 Å². The summed E-state index contributed by atoms with van der Waals surface area (Å²) >= 11 is 0. The molecule has 0 saturated carbocycles. The summed E-state index contributed by atoms with van der Waals surface area (Å²) in [5.74, 6) is -0.0862. The molecule has 0 spiro atoms. The van der Waals surface area contributed by atoms with Gasteiger partial charge in [0.2, 0.25) is 0 Å². The van der Waals surface area contributed by atoms with Gasteiger partial charge in [0.05, 0.1) is 12.2 Å². The molecule has 1 N–H and O–H groups in total. The molecule has 78 valence electrons. The molecular weight excluding hydrogens is 188 g/mol. The maximum atomic E-state index is 11.3. The summed E-state index contributed by atoms with van der Waals surface area (Å²) in [5, 5.41) is 1.82. The van der Waals surface area contributed by atoms with E-state index in [2.05, 4.69) is 31.1 Å². The van der Waals surface area contributed by atoms with Crippen molar-refractivity contribution in [2.24, 2.45) is 0 Å². The molecule has 3 nitrogen and oxygen atoms in total. The first-order valence-corrected chi connectivity index (χ1v) is 5.06. The van der Waals surface area contributed by atoms with E-state index >= 15 is 0 Å². The van der Waals surface area contributed by atoms with Crippen LogP contribution in [0.25, 0.3) is 0 Å². The minimum atomic E-state index is -0.0862. The Hall–Kier alpha value is -1.77. The maximum absolute atomic E-state index is 11.3. The summed E-state index contributed by atoms with van der Waals surface area (Å²) in [5.41, 5.74) is 5.65. The number of rotatable bonds is 2. The third-order valence-corrected chi connectivity index (χ3v) is 2.54. The van der Waals surface area contributed by atoms with Crippen LogP contribution in [0.4, 0.5) is 5.69 Å². The highest BCUT2D eigenvalue weighted by molar-refractivity contribution is 5.97. The third-order valence-electron chi connectivity index (χ3n) is 2.54. The van der Waals surface area contributed by atoms with Crippen molar-refractivity contribution < 1.29 is 4.79 Å². The van der Waals surface area contributed by atoms with Crippen molar-refractivity contribution in [3.8, 4) is 0 Å². The first-order valence-electron chi connectivity index (χ1n) is 5.06. The van der Waals surface area contributed by atoms with Gasteiger partial charge in [0.15, 0.2) is 0 Å². The van der Waals surface area contributed by atoms with Crippen LogP contribution in [0.5, 0.6) is 0 Å². The van der Waals surface area contributed by atoms with Crippen LogP contribution in [0.2, 0.25) is 0 Å². The summed E-state index contributed by atoms with van der Waals surface area (Å²) in [4.78, 5) is 11.3. The lowest BCUT2D eigenvalue weighted by atomic mass is 10.1. The number of nitrogens with zero attached hydrogens (tertiary/aromatic N) is 1. The fraction of sp³-hybridized carbons (Fsp3) is 0.250. The number of anilines is 1. The van der Waals surface area contributed by atoms with E-state index in [1.165, 1.54) is 5.56 Å². The summed E-state index contributed by atoms with van der Waals surface area (Å²) in [7, 11) is 0. The predicted octanol–water partition coefficient (Wildman–Crippen LogP) is 1.66. The molecule has 15 heavy (non-hydrogen) atoms. The zero-order valence-electron chi connectivity index (χ0n) is 8.79. The van der Waals surface area contributed by atoms with E-state index in [4.69, 9.17) is 0 Å². The summed E-state index contributed by atoms with van der Waals surface area (Å²) < 4.78 is 0. The Bertz CT molecular complexity index is 396. The Kier molecular flexibility index (Phi) is 2.46. The highest BCUT2D eigenvalue weighted by Crippen LogP contribution is 2.19. The van der Waals surface area contributed by atoms with Crippen LogP contribution < -0.4 is 10.4 Å². The van der Waals surface area contributed by atoms with Crippen molar-refractivity contribution in [3.63, 3.8) is 0 Å². The number of hydrazine groups is 1. The summed E-state index contributed by atoms with van der Waals surface area (Å²) in [6, 6.07) is 8.15. The first-order chi connectivity index (χ1) is 7.20. The Balaban J connectivity index is 2.23. The van der Waals surface area contributed by atoms with Gasteiger partial charge in [-0.25, -0.2) is 0 Å². The van der Waals surface area contributed by atoms with Gasteiger partial charge in [-0.15, -0.1) is 0 Å². The average Bonchev–Trinajstić information content (AvgIpc) is 2.59. The molecule has 1 aromatic rings. The smallest absolute Gasteiger partial charge is 0.267 e. The number of hydrogen-bond acceptors (Lipinski definition) is 2.